The van der Waals surface area contributed by atoms with E-state index < -0.39 is 0 Å². The highest BCUT2D eigenvalue weighted by atomic mass is 79.9. The molecule has 3 rings (SSSR count). The average molecular weight is 315 g/mol. The first-order valence-electron chi connectivity index (χ1n) is 7.26. The lowest BCUT2D eigenvalue weighted by Crippen LogP contribution is -2.55. The van der Waals surface area contributed by atoms with Crippen molar-refractivity contribution in [3.8, 4) is 0 Å². The molecule has 1 amide bonds. The summed E-state index contributed by atoms with van der Waals surface area (Å²) in [5.74, 6) is 0.934. The lowest BCUT2D eigenvalue weighted by atomic mass is 9.82. The molecule has 2 unspecified atom stereocenters. The smallest absolute Gasteiger partial charge is 0.223 e. The van der Waals surface area contributed by atoms with E-state index in [2.05, 4.69) is 32.8 Å². The van der Waals surface area contributed by atoms with Crippen LogP contribution in [0.1, 0.15) is 38.5 Å². The number of amides is 1. The average Bonchev–Trinajstić information content (AvgIpc) is 2.70. The van der Waals surface area contributed by atoms with E-state index in [1.54, 1.807) is 0 Å². The quantitative estimate of drug-likeness (QED) is 0.730. The molecule has 3 saturated heterocycles. The van der Waals surface area contributed by atoms with Gasteiger partial charge in [-0.25, -0.2) is 0 Å². The van der Waals surface area contributed by atoms with E-state index >= 15 is 0 Å². The predicted octanol–water partition coefficient (Wildman–Crippen LogP) is 2.25. The van der Waals surface area contributed by atoms with Crippen LogP contribution in [0.25, 0.3) is 0 Å². The zero-order valence-electron chi connectivity index (χ0n) is 11.1. The van der Waals surface area contributed by atoms with Crippen LogP contribution in [0.3, 0.4) is 0 Å². The van der Waals surface area contributed by atoms with Gasteiger partial charge in [-0.3, -0.25) is 4.79 Å². The van der Waals surface area contributed by atoms with E-state index in [9.17, 15) is 4.79 Å². The summed E-state index contributed by atoms with van der Waals surface area (Å²) in [6, 6.07) is 1.96. The molecule has 3 aliphatic rings. The van der Waals surface area contributed by atoms with E-state index in [1.165, 1.54) is 32.1 Å². The van der Waals surface area contributed by atoms with E-state index in [-0.39, 0.29) is 0 Å². The van der Waals surface area contributed by atoms with Crippen molar-refractivity contribution in [3.63, 3.8) is 0 Å². The summed E-state index contributed by atoms with van der Waals surface area (Å²) >= 11 is 3.53. The fraction of sp³-hybridized carbons (Fsp3) is 0.929. The van der Waals surface area contributed by atoms with Gasteiger partial charge in [-0.2, -0.15) is 0 Å². The van der Waals surface area contributed by atoms with E-state index in [0.29, 0.717) is 17.9 Å². The van der Waals surface area contributed by atoms with Gasteiger partial charge in [0.05, 0.1) is 0 Å². The van der Waals surface area contributed by atoms with Crippen molar-refractivity contribution in [1.29, 1.82) is 0 Å². The molecule has 0 aliphatic carbocycles. The van der Waals surface area contributed by atoms with Crippen molar-refractivity contribution >= 4 is 21.8 Å². The van der Waals surface area contributed by atoms with Crippen LogP contribution in [0.5, 0.6) is 0 Å². The third kappa shape index (κ3) is 2.22. The molecule has 0 N–H and O–H groups in total. The summed E-state index contributed by atoms with van der Waals surface area (Å²) in [4.78, 5) is 16.9. The number of likely N-dealkylation sites (tertiary alicyclic amines) is 1. The third-order valence-electron chi connectivity index (χ3n) is 5.21. The molecule has 0 saturated carbocycles. The number of rotatable bonds is 2. The van der Waals surface area contributed by atoms with Crippen molar-refractivity contribution in [2.24, 2.45) is 5.92 Å². The van der Waals surface area contributed by atoms with Gasteiger partial charge in [0, 0.05) is 36.4 Å². The molecule has 0 radical (unpaired) electrons. The molecule has 0 aromatic carbocycles. The zero-order valence-corrected chi connectivity index (χ0v) is 12.7. The van der Waals surface area contributed by atoms with Crippen LogP contribution in [-0.4, -0.2) is 52.8 Å². The zero-order chi connectivity index (χ0) is 12.7. The van der Waals surface area contributed by atoms with Gasteiger partial charge in [0.1, 0.15) is 0 Å². The minimum atomic E-state index is 0.395. The van der Waals surface area contributed by atoms with Crippen molar-refractivity contribution in [2.45, 2.75) is 56.7 Å². The number of carbonyl (C=O) groups is 1. The molecule has 4 heteroatoms. The summed E-state index contributed by atoms with van der Waals surface area (Å²) in [6.07, 6.45) is 7.19. The maximum absolute atomic E-state index is 12.1. The van der Waals surface area contributed by atoms with Gasteiger partial charge in [0.25, 0.3) is 0 Å². The Morgan fingerprint density at radius 3 is 2.44 bits per heavy atom. The second-order valence-corrected chi connectivity index (χ2v) is 6.95. The molecular formula is C14H23BrN2O. The Morgan fingerprint density at radius 1 is 1.22 bits per heavy atom. The van der Waals surface area contributed by atoms with Gasteiger partial charge in [-0.15, -0.1) is 0 Å². The molecule has 3 heterocycles. The van der Waals surface area contributed by atoms with Crippen LogP contribution in [-0.2, 0) is 4.79 Å². The van der Waals surface area contributed by atoms with E-state index in [1.807, 2.05) is 0 Å². The molecule has 102 valence electrons. The van der Waals surface area contributed by atoms with Gasteiger partial charge in [0.15, 0.2) is 0 Å². The van der Waals surface area contributed by atoms with Gasteiger partial charge in [0.2, 0.25) is 5.91 Å². The number of carbonyl (C=O) groups excluding carboxylic acids is 1. The molecule has 0 aromatic heterocycles. The second kappa shape index (κ2) is 5.12. The number of piperidine rings is 2. The molecule has 3 aliphatic heterocycles. The maximum atomic E-state index is 12.1. The summed E-state index contributed by atoms with van der Waals surface area (Å²) in [7, 11) is 2.28. The number of alkyl halides is 1. The molecule has 4 atom stereocenters. The SMILES string of the molecule is CN1[C@@H]2CCC[C@H]1CC(N1CC(CBr)CC1=O)C2. The Balaban J connectivity index is 1.69. The van der Waals surface area contributed by atoms with Crippen LogP contribution >= 0.6 is 15.9 Å². The number of hydrogen-bond acceptors (Lipinski definition) is 2. The molecule has 0 spiro atoms. The second-order valence-electron chi connectivity index (χ2n) is 6.30. The molecule has 3 fully saturated rings. The molecule has 2 bridgehead atoms. The van der Waals surface area contributed by atoms with Crippen molar-refractivity contribution in [2.75, 3.05) is 18.9 Å². The largest absolute Gasteiger partial charge is 0.339 e. The Labute approximate surface area is 118 Å². The van der Waals surface area contributed by atoms with E-state index in [4.69, 9.17) is 0 Å². The summed E-state index contributed by atoms with van der Waals surface area (Å²) < 4.78 is 0. The number of hydrogen-bond donors (Lipinski definition) is 0. The first-order chi connectivity index (χ1) is 8.69. The van der Waals surface area contributed by atoms with Crippen molar-refractivity contribution < 1.29 is 4.79 Å². The van der Waals surface area contributed by atoms with Crippen molar-refractivity contribution in [3.05, 3.63) is 0 Å². The Hall–Kier alpha value is -0.0900. The standard InChI is InChI=1S/C14H23BrN2O/c1-16-11-3-2-4-12(16)7-13(6-11)17-9-10(8-15)5-14(17)18/h10-13H,2-9H2,1H3/t10?,11-,12+,13?. The number of nitrogens with zero attached hydrogens (tertiary/aromatic N) is 2. The van der Waals surface area contributed by atoms with Crippen molar-refractivity contribution in [1.82, 2.24) is 9.80 Å². The highest BCUT2D eigenvalue weighted by Crippen LogP contribution is 2.36. The van der Waals surface area contributed by atoms with Crippen LogP contribution < -0.4 is 0 Å². The van der Waals surface area contributed by atoms with Gasteiger partial charge in [-0.1, -0.05) is 22.4 Å². The third-order valence-corrected chi connectivity index (χ3v) is 6.13. The summed E-state index contributed by atoms with van der Waals surface area (Å²) in [6.45, 7) is 0.984. The normalized spacial score (nSPS) is 41.4. The number of fused-ring (bicyclic) bond motifs is 2. The van der Waals surface area contributed by atoms with Crippen LogP contribution in [0, 0.1) is 5.92 Å². The van der Waals surface area contributed by atoms with E-state index in [0.717, 1.165) is 30.4 Å². The predicted molar refractivity (Wildman–Crippen MR) is 75.8 cm³/mol. The maximum Gasteiger partial charge on any atom is 0.223 e. The Morgan fingerprint density at radius 2 is 1.89 bits per heavy atom. The number of halogens is 1. The van der Waals surface area contributed by atoms with Gasteiger partial charge in [-0.05, 0) is 38.6 Å². The van der Waals surface area contributed by atoms with Crippen LogP contribution in [0.15, 0.2) is 0 Å². The fourth-order valence-electron chi connectivity index (χ4n) is 4.11. The summed E-state index contributed by atoms with van der Waals surface area (Å²) in [5, 5.41) is 0.967. The first-order valence-corrected chi connectivity index (χ1v) is 8.38. The monoisotopic (exact) mass is 314 g/mol. The highest BCUT2D eigenvalue weighted by molar-refractivity contribution is 9.09. The topological polar surface area (TPSA) is 23.6 Å². The van der Waals surface area contributed by atoms with Crippen LogP contribution in [0.2, 0.25) is 0 Å². The molecule has 0 aromatic rings. The molecule has 3 nitrogen and oxygen atoms in total. The minimum absolute atomic E-state index is 0.395. The molecule has 18 heavy (non-hydrogen) atoms. The Bertz CT molecular complexity index is 322. The lowest BCUT2D eigenvalue weighted by Gasteiger charge is -2.49. The Kier molecular flexibility index (Phi) is 3.68. The minimum Gasteiger partial charge on any atom is -0.339 e. The van der Waals surface area contributed by atoms with Gasteiger partial charge >= 0.3 is 0 Å². The first kappa shape index (κ1) is 12.9. The molecular weight excluding hydrogens is 292 g/mol. The van der Waals surface area contributed by atoms with Crippen LogP contribution in [0.4, 0.5) is 0 Å². The van der Waals surface area contributed by atoms with Gasteiger partial charge < -0.3 is 9.80 Å². The summed E-state index contributed by atoms with van der Waals surface area (Å²) in [5.41, 5.74) is 0. The fourth-order valence-corrected chi connectivity index (χ4v) is 4.54. The lowest BCUT2D eigenvalue weighted by molar-refractivity contribution is -0.131. The highest BCUT2D eigenvalue weighted by Gasteiger charge is 2.41.